The molecule has 2 amide bonds. The number of piperidine rings is 1. The maximum absolute atomic E-state index is 12.4. The molecule has 0 unspecified atom stereocenters. The fourth-order valence-electron chi connectivity index (χ4n) is 3.51. The van der Waals surface area contributed by atoms with E-state index in [4.69, 9.17) is 10.7 Å². The molecule has 2 heterocycles. The Morgan fingerprint density at radius 2 is 2.00 bits per heavy atom. The molecule has 0 spiro atoms. The molecule has 0 saturated carbocycles. The van der Waals surface area contributed by atoms with Gasteiger partial charge in [-0.05, 0) is 44.0 Å². The molecule has 0 bridgehead atoms. The zero-order valence-electron chi connectivity index (χ0n) is 15.9. The van der Waals surface area contributed by atoms with Crippen molar-refractivity contribution >= 4 is 34.0 Å². The summed E-state index contributed by atoms with van der Waals surface area (Å²) in [5.74, 6) is -0.248. The molecule has 0 atom stereocenters. The van der Waals surface area contributed by atoms with Crippen molar-refractivity contribution in [3.63, 3.8) is 0 Å². The van der Waals surface area contributed by atoms with Crippen LogP contribution in [0.4, 0.5) is 10.8 Å². The first-order chi connectivity index (χ1) is 13.0. The number of nitrogens with zero attached hydrogens (tertiary/aromatic N) is 3. The van der Waals surface area contributed by atoms with Gasteiger partial charge in [-0.15, -0.1) is 11.3 Å². The van der Waals surface area contributed by atoms with Crippen LogP contribution in [0.15, 0.2) is 29.6 Å². The highest BCUT2D eigenvalue weighted by Crippen LogP contribution is 2.32. The van der Waals surface area contributed by atoms with E-state index in [1.165, 1.54) is 11.3 Å². The highest BCUT2D eigenvalue weighted by molar-refractivity contribution is 7.14. The van der Waals surface area contributed by atoms with Crippen LogP contribution in [0.3, 0.4) is 0 Å². The molecule has 0 aliphatic carbocycles. The highest BCUT2D eigenvalue weighted by atomic mass is 32.1. The number of primary amides is 1. The summed E-state index contributed by atoms with van der Waals surface area (Å²) in [6, 6.07) is 7.95. The lowest BCUT2D eigenvalue weighted by molar-refractivity contribution is -0.123. The van der Waals surface area contributed by atoms with Crippen molar-refractivity contribution in [1.29, 1.82) is 0 Å². The molecule has 1 aromatic heterocycles. The maximum Gasteiger partial charge on any atom is 0.230 e. The molecule has 27 heavy (non-hydrogen) atoms. The van der Waals surface area contributed by atoms with Crippen LogP contribution in [0.1, 0.15) is 37.9 Å². The van der Waals surface area contributed by atoms with Crippen molar-refractivity contribution in [3.05, 3.63) is 40.9 Å². The molecule has 0 radical (unpaired) electrons. The second-order valence-corrected chi connectivity index (χ2v) is 7.75. The first kappa shape index (κ1) is 19.5. The van der Waals surface area contributed by atoms with E-state index in [2.05, 4.69) is 11.8 Å². The molecule has 7 heteroatoms. The maximum atomic E-state index is 12.4. The Hall–Kier alpha value is -2.25. The van der Waals surface area contributed by atoms with E-state index in [-0.39, 0.29) is 17.7 Å². The van der Waals surface area contributed by atoms with Crippen LogP contribution >= 0.6 is 11.3 Å². The van der Waals surface area contributed by atoms with Gasteiger partial charge in [0.15, 0.2) is 5.13 Å². The molecule has 2 N–H and O–H groups in total. The predicted molar refractivity (Wildman–Crippen MR) is 108 cm³/mol. The number of benzene rings is 1. The molecular formula is C20H26N4O2S. The van der Waals surface area contributed by atoms with Gasteiger partial charge in [-0.25, -0.2) is 4.98 Å². The quantitative estimate of drug-likeness (QED) is 0.827. The number of likely N-dealkylation sites (tertiary alicyclic amines) is 1. The molecule has 1 aliphatic heterocycles. The van der Waals surface area contributed by atoms with Gasteiger partial charge in [-0.1, -0.05) is 25.1 Å². The summed E-state index contributed by atoms with van der Waals surface area (Å²) >= 11 is 1.49. The van der Waals surface area contributed by atoms with Gasteiger partial charge in [-0.2, -0.15) is 0 Å². The summed E-state index contributed by atoms with van der Waals surface area (Å²) in [7, 11) is 0. The smallest absolute Gasteiger partial charge is 0.230 e. The topological polar surface area (TPSA) is 79.5 Å². The number of aromatic nitrogens is 1. The molecule has 1 aromatic carbocycles. The van der Waals surface area contributed by atoms with Crippen LogP contribution in [0.2, 0.25) is 0 Å². The van der Waals surface area contributed by atoms with Gasteiger partial charge in [-0.3, -0.25) is 19.4 Å². The summed E-state index contributed by atoms with van der Waals surface area (Å²) in [6.07, 6.45) is 2.46. The SMILES string of the molecule is CCc1ccccc1N(C(C)=O)c1nc(CN2CCC(C(N)=O)CC2)cs1. The van der Waals surface area contributed by atoms with Crippen molar-refractivity contribution in [2.45, 2.75) is 39.7 Å². The fourth-order valence-corrected chi connectivity index (χ4v) is 4.38. The van der Waals surface area contributed by atoms with E-state index in [1.54, 1.807) is 11.8 Å². The monoisotopic (exact) mass is 386 g/mol. The summed E-state index contributed by atoms with van der Waals surface area (Å²) in [5, 5.41) is 2.71. The number of hydrogen-bond acceptors (Lipinski definition) is 5. The number of carbonyl (C=O) groups is 2. The van der Waals surface area contributed by atoms with E-state index < -0.39 is 0 Å². The Morgan fingerprint density at radius 3 is 2.63 bits per heavy atom. The zero-order chi connectivity index (χ0) is 19.4. The van der Waals surface area contributed by atoms with Gasteiger partial charge in [0.05, 0.1) is 11.4 Å². The Kier molecular flexibility index (Phi) is 6.23. The van der Waals surface area contributed by atoms with Crippen molar-refractivity contribution in [2.75, 3.05) is 18.0 Å². The lowest BCUT2D eigenvalue weighted by atomic mass is 9.96. The average Bonchev–Trinajstić information content (AvgIpc) is 3.10. The molecule has 144 valence electrons. The predicted octanol–water partition coefficient (Wildman–Crippen LogP) is 3.09. The third-order valence-electron chi connectivity index (χ3n) is 5.03. The number of amides is 2. The number of para-hydroxylation sites is 1. The van der Waals surface area contributed by atoms with Gasteiger partial charge in [0, 0.05) is 24.8 Å². The van der Waals surface area contributed by atoms with E-state index in [0.29, 0.717) is 5.13 Å². The Morgan fingerprint density at radius 1 is 1.30 bits per heavy atom. The number of thiazole rings is 1. The highest BCUT2D eigenvalue weighted by Gasteiger charge is 2.24. The Labute approximate surface area is 164 Å². The molecule has 1 saturated heterocycles. The molecule has 1 fully saturated rings. The summed E-state index contributed by atoms with van der Waals surface area (Å²) in [4.78, 5) is 32.4. The second-order valence-electron chi connectivity index (χ2n) is 6.91. The van der Waals surface area contributed by atoms with Crippen LogP contribution in [0, 0.1) is 5.92 Å². The third-order valence-corrected chi connectivity index (χ3v) is 5.91. The molecule has 6 nitrogen and oxygen atoms in total. The number of anilines is 2. The van der Waals surface area contributed by atoms with Gasteiger partial charge in [0.2, 0.25) is 11.8 Å². The summed E-state index contributed by atoms with van der Waals surface area (Å²) in [6.45, 7) is 6.07. The van der Waals surface area contributed by atoms with E-state index in [1.807, 2.05) is 29.6 Å². The number of rotatable bonds is 6. The minimum atomic E-state index is -0.197. The largest absolute Gasteiger partial charge is 0.369 e. The number of hydrogen-bond donors (Lipinski definition) is 1. The van der Waals surface area contributed by atoms with Crippen LogP contribution in [0.25, 0.3) is 0 Å². The molecule has 2 aromatic rings. The van der Waals surface area contributed by atoms with E-state index >= 15 is 0 Å². The number of nitrogens with two attached hydrogens (primary N) is 1. The standard InChI is InChI=1S/C20H26N4O2S/c1-3-15-6-4-5-7-18(15)24(14(2)25)20-22-17(13-27-20)12-23-10-8-16(9-11-23)19(21)26/h4-7,13,16H,3,8-12H2,1-2H3,(H2,21,26). The summed E-state index contributed by atoms with van der Waals surface area (Å²) < 4.78 is 0. The van der Waals surface area contributed by atoms with Crippen LogP contribution in [0.5, 0.6) is 0 Å². The van der Waals surface area contributed by atoms with E-state index in [0.717, 1.165) is 55.8 Å². The minimum Gasteiger partial charge on any atom is -0.369 e. The van der Waals surface area contributed by atoms with Crippen molar-refractivity contribution in [1.82, 2.24) is 9.88 Å². The molecule has 3 rings (SSSR count). The molecular weight excluding hydrogens is 360 g/mol. The lowest BCUT2D eigenvalue weighted by Crippen LogP contribution is -2.38. The van der Waals surface area contributed by atoms with Crippen molar-refractivity contribution < 1.29 is 9.59 Å². The molecule has 1 aliphatic rings. The fraction of sp³-hybridized carbons (Fsp3) is 0.450. The first-order valence-electron chi connectivity index (χ1n) is 9.34. The van der Waals surface area contributed by atoms with Gasteiger partial charge in [0.1, 0.15) is 0 Å². The lowest BCUT2D eigenvalue weighted by Gasteiger charge is -2.29. The van der Waals surface area contributed by atoms with Crippen molar-refractivity contribution in [2.24, 2.45) is 11.7 Å². The van der Waals surface area contributed by atoms with Gasteiger partial charge in [0.25, 0.3) is 0 Å². The third kappa shape index (κ3) is 4.54. The Bertz CT molecular complexity index is 812. The van der Waals surface area contributed by atoms with E-state index in [9.17, 15) is 9.59 Å². The average molecular weight is 387 g/mol. The second kappa shape index (κ2) is 8.63. The van der Waals surface area contributed by atoms with Gasteiger partial charge < -0.3 is 5.73 Å². The normalized spacial score (nSPS) is 15.6. The van der Waals surface area contributed by atoms with Crippen molar-refractivity contribution in [3.8, 4) is 0 Å². The van der Waals surface area contributed by atoms with Crippen LogP contribution in [-0.4, -0.2) is 34.8 Å². The zero-order valence-corrected chi connectivity index (χ0v) is 16.7. The van der Waals surface area contributed by atoms with Crippen LogP contribution < -0.4 is 10.6 Å². The minimum absolute atomic E-state index is 0.00834. The number of aryl methyl sites for hydroxylation is 1. The number of carbonyl (C=O) groups excluding carboxylic acids is 2. The Balaban J connectivity index is 1.73. The summed E-state index contributed by atoms with van der Waals surface area (Å²) in [5.41, 5.74) is 8.38. The van der Waals surface area contributed by atoms with Gasteiger partial charge >= 0.3 is 0 Å². The first-order valence-corrected chi connectivity index (χ1v) is 10.2. The van der Waals surface area contributed by atoms with Crippen LogP contribution in [-0.2, 0) is 22.6 Å².